The Hall–Kier alpha value is -1.80. The predicted molar refractivity (Wildman–Crippen MR) is 73.9 cm³/mol. The monoisotopic (exact) mass is 358 g/mol. The number of halogens is 2. The number of primary amides is 1. The number of thiophene rings is 1. The number of amides is 1. The Morgan fingerprint density at radius 2 is 2.10 bits per heavy atom. The van der Waals surface area contributed by atoms with Crippen molar-refractivity contribution in [1.82, 2.24) is 4.98 Å². The second-order valence-corrected chi connectivity index (χ2v) is 5.71. The van der Waals surface area contributed by atoms with Crippen LogP contribution in [-0.4, -0.2) is 16.9 Å². The van der Waals surface area contributed by atoms with Crippen molar-refractivity contribution in [3.05, 3.63) is 50.1 Å². The first-order valence-electron chi connectivity index (χ1n) is 5.34. The molecule has 0 saturated heterocycles. The predicted octanol–water partition coefficient (Wildman–Crippen LogP) is 2.50. The van der Waals surface area contributed by atoms with Crippen molar-refractivity contribution < 1.29 is 18.7 Å². The zero-order valence-corrected chi connectivity index (χ0v) is 12.3. The molecular weight excluding hydrogens is 351 g/mol. The Balaban J connectivity index is 2.04. The van der Waals surface area contributed by atoms with Gasteiger partial charge in [-0.3, -0.25) is 4.79 Å². The molecule has 5 nitrogen and oxygen atoms in total. The van der Waals surface area contributed by atoms with Crippen molar-refractivity contribution in [1.29, 1.82) is 0 Å². The fourth-order valence-corrected chi connectivity index (χ4v) is 2.49. The first-order valence-corrected chi connectivity index (χ1v) is 6.95. The van der Waals surface area contributed by atoms with E-state index in [-0.39, 0.29) is 21.9 Å². The van der Waals surface area contributed by atoms with Crippen LogP contribution < -0.4 is 5.73 Å². The van der Waals surface area contributed by atoms with Gasteiger partial charge in [0.25, 0.3) is 5.91 Å². The molecule has 0 aliphatic heterocycles. The molecule has 0 radical (unpaired) electrons. The molecule has 0 aliphatic carbocycles. The Morgan fingerprint density at radius 1 is 1.40 bits per heavy atom. The average molecular weight is 359 g/mol. The van der Waals surface area contributed by atoms with E-state index in [0.717, 1.165) is 11.3 Å². The van der Waals surface area contributed by atoms with Crippen molar-refractivity contribution >= 4 is 39.1 Å². The van der Waals surface area contributed by atoms with Gasteiger partial charge >= 0.3 is 5.97 Å². The van der Waals surface area contributed by atoms with Gasteiger partial charge in [0.05, 0.1) is 4.88 Å². The standard InChI is InChI=1S/C12H8BrFN2O3S/c13-7-3-6(10(14)16-4-7)5-19-12(18)9-2-1-8(20-9)11(15)17/h1-4H,5H2,(H2,15,17). The van der Waals surface area contributed by atoms with Crippen LogP contribution >= 0.6 is 27.3 Å². The summed E-state index contributed by atoms with van der Waals surface area (Å²) < 4.78 is 18.9. The van der Waals surface area contributed by atoms with E-state index in [1.165, 1.54) is 24.4 Å². The lowest BCUT2D eigenvalue weighted by atomic mass is 10.3. The fraction of sp³-hybridized carbons (Fsp3) is 0.0833. The maximum atomic E-state index is 13.4. The highest BCUT2D eigenvalue weighted by Gasteiger charge is 2.14. The fourth-order valence-electron chi connectivity index (χ4n) is 1.36. The lowest BCUT2D eigenvalue weighted by Gasteiger charge is -2.04. The minimum absolute atomic E-state index is 0.152. The highest BCUT2D eigenvalue weighted by molar-refractivity contribution is 9.10. The summed E-state index contributed by atoms with van der Waals surface area (Å²) in [4.78, 5) is 26.6. The number of aromatic nitrogens is 1. The summed E-state index contributed by atoms with van der Waals surface area (Å²) in [6.07, 6.45) is 1.30. The minimum atomic E-state index is -0.704. The quantitative estimate of drug-likeness (QED) is 0.672. The first kappa shape index (κ1) is 14.6. The molecule has 0 fully saturated rings. The average Bonchev–Trinajstić information content (AvgIpc) is 2.89. The van der Waals surface area contributed by atoms with Gasteiger partial charge in [-0.05, 0) is 34.1 Å². The van der Waals surface area contributed by atoms with Crippen LogP contribution in [0.4, 0.5) is 4.39 Å². The maximum absolute atomic E-state index is 13.4. The molecule has 2 heterocycles. The van der Waals surface area contributed by atoms with Crippen LogP contribution in [0.5, 0.6) is 0 Å². The van der Waals surface area contributed by atoms with Crippen molar-refractivity contribution in [2.24, 2.45) is 5.73 Å². The van der Waals surface area contributed by atoms with Gasteiger partial charge in [-0.2, -0.15) is 4.39 Å². The molecule has 2 rings (SSSR count). The summed E-state index contributed by atoms with van der Waals surface area (Å²) in [5, 5.41) is 0. The van der Waals surface area contributed by atoms with E-state index in [9.17, 15) is 14.0 Å². The summed E-state index contributed by atoms with van der Waals surface area (Å²) in [6.45, 7) is -0.249. The molecule has 1 amide bonds. The second kappa shape index (κ2) is 6.10. The van der Waals surface area contributed by atoms with E-state index in [2.05, 4.69) is 20.9 Å². The molecule has 0 aromatic carbocycles. The highest BCUT2D eigenvalue weighted by Crippen LogP contribution is 2.19. The number of carbonyl (C=O) groups is 2. The molecule has 2 aromatic heterocycles. The van der Waals surface area contributed by atoms with E-state index in [0.29, 0.717) is 4.47 Å². The van der Waals surface area contributed by atoms with Crippen molar-refractivity contribution in [3.63, 3.8) is 0 Å². The van der Waals surface area contributed by atoms with Crippen LogP contribution in [0.25, 0.3) is 0 Å². The third-order valence-corrected chi connectivity index (χ3v) is 3.80. The van der Waals surface area contributed by atoms with Gasteiger partial charge in [0.15, 0.2) is 0 Å². The molecule has 2 N–H and O–H groups in total. The molecule has 0 atom stereocenters. The van der Waals surface area contributed by atoms with Crippen LogP contribution in [0.2, 0.25) is 0 Å². The molecule has 104 valence electrons. The minimum Gasteiger partial charge on any atom is -0.456 e. The van der Waals surface area contributed by atoms with Crippen molar-refractivity contribution in [2.45, 2.75) is 6.61 Å². The number of nitrogens with zero attached hydrogens (tertiary/aromatic N) is 1. The van der Waals surface area contributed by atoms with Crippen LogP contribution in [-0.2, 0) is 11.3 Å². The Bertz CT molecular complexity index is 674. The smallest absolute Gasteiger partial charge is 0.348 e. The van der Waals surface area contributed by atoms with Gasteiger partial charge in [0, 0.05) is 16.2 Å². The number of carbonyl (C=O) groups excluding carboxylic acids is 2. The number of rotatable bonds is 4. The van der Waals surface area contributed by atoms with Crippen molar-refractivity contribution in [2.75, 3.05) is 0 Å². The largest absolute Gasteiger partial charge is 0.456 e. The van der Waals surface area contributed by atoms with E-state index in [4.69, 9.17) is 10.5 Å². The number of esters is 1. The van der Waals surface area contributed by atoms with Crippen LogP contribution in [0.1, 0.15) is 24.9 Å². The van der Waals surface area contributed by atoms with Gasteiger partial charge < -0.3 is 10.5 Å². The zero-order valence-electron chi connectivity index (χ0n) is 9.93. The van der Waals surface area contributed by atoms with Gasteiger partial charge in [-0.15, -0.1) is 11.3 Å². The normalized spacial score (nSPS) is 10.3. The molecule has 0 unspecified atom stereocenters. The number of pyridine rings is 1. The molecule has 0 spiro atoms. The molecular formula is C12H8BrFN2O3S. The van der Waals surface area contributed by atoms with E-state index < -0.39 is 17.8 Å². The third kappa shape index (κ3) is 3.40. The topological polar surface area (TPSA) is 82.3 Å². The van der Waals surface area contributed by atoms with Crippen LogP contribution in [0, 0.1) is 5.95 Å². The van der Waals surface area contributed by atoms with Crippen LogP contribution in [0.3, 0.4) is 0 Å². The van der Waals surface area contributed by atoms with Crippen LogP contribution in [0.15, 0.2) is 28.9 Å². The summed E-state index contributed by atoms with van der Waals surface area (Å²) in [7, 11) is 0. The number of nitrogens with two attached hydrogens (primary N) is 1. The van der Waals surface area contributed by atoms with Gasteiger partial charge in [-0.25, -0.2) is 9.78 Å². The van der Waals surface area contributed by atoms with Gasteiger partial charge in [0.2, 0.25) is 5.95 Å². The summed E-state index contributed by atoms with van der Waals surface area (Å²) >= 11 is 4.07. The Morgan fingerprint density at radius 3 is 2.75 bits per heavy atom. The molecule has 20 heavy (non-hydrogen) atoms. The third-order valence-electron chi connectivity index (χ3n) is 2.29. The highest BCUT2D eigenvalue weighted by atomic mass is 79.9. The maximum Gasteiger partial charge on any atom is 0.348 e. The Kier molecular flexibility index (Phi) is 4.46. The lowest BCUT2D eigenvalue weighted by Crippen LogP contribution is -2.08. The van der Waals surface area contributed by atoms with Gasteiger partial charge in [-0.1, -0.05) is 0 Å². The molecule has 0 bridgehead atoms. The second-order valence-electron chi connectivity index (χ2n) is 3.71. The molecule has 2 aromatic rings. The SMILES string of the molecule is NC(=O)c1ccc(C(=O)OCc2cc(Br)cnc2F)s1. The Labute approximate surface area is 125 Å². The van der Waals surface area contributed by atoms with E-state index >= 15 is 0 Å². The number of hydrogen-bond donors (Lipinski definition) is 1. The zero-order chi connectivity index (χ0) is 14.7. The summed E-state index contributed by atoms with van der Waals surface area (Å²) in [5.41, 5.74) is 5.24. The first-order chi connectivity index (χ1) is 9.47. The van der Waals surface area contributed by atoms with Gasteiger partial charge in [0.1, 0.15) is 11.5 Å². The number of ether oxygens (including phenoxy) is 1. The van der Waals surface area contributed by atoms with Crippen molar-refractivity contribution in [3.8, 4) is 0 Å². The molecule has 8 heteroatoms. The van der Waals surface area contributed by atoms with E-state index in [1.54, 1.807) is 0 Å². The lowest BCUT2D eigenvalue weighted by molar-refractivity contribution is 0.0474. The van der Waals surface area contributed by atoms with E-state index in [1.807, 2.05) is 0 Å². The molecule has 0 saturated carbocycles. The molecule has 0 aliphatic rings. The summed E-state index contributed by atoms with van der Waals surface area (Å²) in [5.74, 6) is -1.97. The number of hydrogen-bond acceptors (Lipinski definition) is 5. The summed E-state index contributed by atoms with van der Waals surface area (Å²) in [6, 6.07) is 4.34.